The highest BCUT2D eigenvalue weighted by Crippen LogP contribution is 2.32. The molecule has 2 aromatic carbocycles. The number of nitrogens with zero attached hydrogens (tertiary/aromatic N) is 1. The van der Waals surface area contributed by atoms with E-state index >= 15 is 0 Å². The number of ether oxygens (including phenoxy) is 1. The first-order valence-electron chi connectivity index (χ1n) is 9.36. The Balaban J connectivity index is 1.42. The van der Waals surface area contributed by atoms with E-state index in [0.717, 1.165) is 24.2 Å². The molecule has 0 aliphatic carbocycles. The number of hydrogen-bond acceptors (Lipinski definition) is 2. The third-order valence-electron chi connectivity index (χ3n) is 5.16. The smallest absolute Gasteiger partial charge is 0.260 e. The second-order valence-electron chi connectivity index (χ2n) is 7.09. The predicted molar refractivity (Wildman–Crippen MR) is 109 cm³/mol. The Morgan fingerprint density at radius 1 is 1.11 bits per heavy atom. The van der Waals surface area contributed by atoms with Crippen molar-refractivity contribution in [2.45, 2.75) is 20.3 Å². The van der Waals surface area contributed by atoms with Crippen LogP contribution in [-0.2, 0) is 4.79 Å². The number of carbonyl (C=O) groups is 1. The number of nitrogens with one attached hydrogen (secondary N) is 1. The number of benzene rings is 2. The average molecular weight is 360 g/mol. The Hall–Kier alpha value is -3.01. The summed E-state index contributed by atoms with van der Waals surface area (Å²) in [6.07, 6.45) is 3.04. The lowest BCUT2D eigenvalue weighted by atomic mass is 9.96. The van der Waals surface area contributed by atoms with Crippen LogP contribution in [0.1, 0.15) is 23.2 Å². The van der Waals surface area contributed by atoms with Crippen molar-refractivity contribution in [3.8, 4) is 5.75 Å². The van der Waals surface area contributed by atoms with Gasteiger partial charge in [0.2, 0.25) is 0 Å². The fraction of sp³-hybridized carbons (Fsp3) is 0.261. The van der Waals surface area contributed by atoms with E-state index in [1.807, 2.05) is 42.2 Å². The van der Waals surface area contributed by atoms with Gasteiger partial charge in [0.15, 0.2) is 6.61 Å². The van der Waals surface area contributed by atoms with Crippen molar-refractivity contribution in [2.24, 2.45) is 0 Å². The second kappa shape index (κ2) is 7.31. The molecule has 138 valence electrons. The maximum absolute atomic E-state index is 12.5. The minimum atomic E-state index is 0.0292. The third-order valence-corrected chi connectivity index (χ3v) is 5.16. The lowest BCUT2D eigenvalue weighted by molar-refractivity contribution is -0.132. The summed E-state index contributed by atoms with van der Waals surface area (Å²) >= 11 is 0. The van der Waals surface area contributed by atoms with Gasteiger partial charge in [0, 0.05) is 35.2 Å². The summed E-state index contributed by atoms with van der Waals surface area (Å²) in [4.78, 5) is 17.8. The zero-order valence-electron chi connectivity index (χ0n) is 15.8. The molecule has 1 aliphatic heterocycles. The highest BCUT2D eigenvalue weighted by Gasteiger charge is 2.21. The molecule has 0 atom stereocenters. The van der Waals surface area contributed by atoms with Crippen LogP contribution in [0.3, 0.4) is 0 Å². The van der Waals surface area contributed by atoms with E-state index in [9.17, 15) is 4.79 Å². The first-order chi connectivity index (χ1) is 13.1. The maximum atomic E-state index is 12.5. The molecular weight excluding hydrogens is 336 g/mol. The van der Waals surface area contributed by atoms with E-state index in [1.165, 1.54) is 27.8 Å². The van der Waals surface area contributed by atoms with Crippen molar-refractivity contribution in [1.82, 2.24) is 9.88 Å². The van der Waals surface area contributed by atoms with Gasteiger partial charge >= 0.3 is 0 Å². The maximum Gasteiger partial charge on any atom is 0.260 e. The molecule has 0 spiro atoms. The minimum Gasteiger partial charge on any atom is -0.484 e. The zero-order chi connectivity index (χ0) is 18.8. The molecule has 0 bridgehead atoms. The highest BCUT2D eigenvalue weighted by molar-refractivity contribution is 5.94. The monoisotopic (exact) mass is 360 g/mol. The summed E-state index contributed by atoms with van der Waals surface area (Å²) in [6, 6.07) is 16.1. The van der Waals surface area contributed by atoms with Crippen molar-refractivity contribution in [1.29, 1.82) is 0 Å². The van der Waals surface area contributed by atoms with Crippen LogP contribution in [0.5, 0.6) is 5.75 Å². The van der Waals surface area contributed by atoms with Crippen LogP contribution >= 0.6 is 0 Å². The lowest BCUT2D eigenvalue weighted by Crippen LogP contribution is -2.37. The fourth-order valence-electron chi connectivity index (χ4n) is 3.68. The van der Waals surface area contributed by atoms with Gasteiger partial charge in [0.25, 0.3) is 5.91 Å². The van der Waals surface area contributed by atoms with E-state index in [0.29, 0.717) is 6.54 Å². The van der Waals surface area contributed by atoms with Crippen molar-refractivity contribution in [3.05, 3.63) is 71.4 Å². The van der Waals surface area contributed by atoms with E-state index in [-0.39, 0.29) is 12.5 Å². The molecule has 3 aromatic rings. The van der Waals surface area contributed by atoms with Crippen LogP contribution in [0.2, 0.25) is 0 Å². The van der Waals surface area contributed by atoms with E-state index < -0.39 is 0 Å². The normalized spacial score (nSPS) is 14.3. The summed E-state index contributed by atoms with van der Waals surface area (Å²) in [6.45, 7) is 5.58. The van der Waals surface area contributed by atoms with Gasteiger partial charge in [-0.15, -0.1) is 0 Å². The average Bonchev–Trinajstić information content (AvgIpc) is 3.03. The molecular formula is C23H24N2O2. The van der Waals surface area contributed by atoms with Gasteiger partial charge in [-0.05, 0) is 44.0 Å². The van der Waals surface area contributed by atoms with Gasteiger partial charge < -0.3 is 14.6 Å². The van der Waals surface area contributed by atoms with Crippen LogP contribution in [0.4, 0.5) is 0 Å². The Morgan fingerprint density at radius 2 is 1.89 bits per heavy atom. The number of para-hydroxylation sites is 1. The van der Waals surface area contributed by atoms with Crippen molar-refractivity contribution in [2.75, 3.05) is 19.7 Å². The van der Waals surface area contributed by atoms with Crippen LogP contribution < -0.4 is 4.74 Å². The van der Waals surface area contributed by atoms with Gasteiger partial charge in [-0.3, -0.25) is 4.79 Å². The number of aromatic amines is 1. The quantitative estimate of drug-likeness (QED) is 0.746. The summed E-state index contributed by atoms with van der Waals surface area (Å²) in [5, 5.41) is 1.25. The van der Waals surface area contributed by atoms with Gasteiger partial charge in [0.1, 0.15) is 5.75 Å². The Labute approximate surface area is 159 Å². The van der Waals surface area contributed by atoms with Gasteiger partial charge in [-0.25, -0.2) is 0 Å². The SMILES string of the molecule is Cc1ccc(OCC(=O)N2CC=C(c3c(C)[nH]c4ccccc34)CC2)cc1. The highest BCUT2D eigenvalue weighted by atomic mass is 16.5. The number of H-pyrrole nitrogens is 1. The number of rotatable bonds is 4. The number of aryl methyl sites for hydroxylation is 2. The molecule has 27 heavy (non-hydrogen) atoms. The third kappa shape index (κ3) is 3.61. The Morgan fingerprint density at radius 3 is 2.63 bits per heavy atom. The van der Waals surface area contributed by atoms with Crippen LogP contribution in [-0.4, -0.2) is 35.5 Å². The topological polar surface area (TPSA) is 45.3 Å². The Kier molecular flexibility index (Phi) is 4.71. The van der Waals surface area contributed by atoms with Crippen LogP contribution in [0.15, 0.2) is 54.6 Å². The molecule has 0 saturated carbocycles. The molecule has 0 saturated heterocycles. The number of aromatic nitrogens is 1. The summed E-state index contributed by atoms with van der Waals surface area (Å²) in [5.74, 6) is 0.762. The number of fused-ring (bicyclic) bond motifs is 1. The van der Waals surface area contributed by atoms with Crippen LogP contribution in [0, 0.1) is 13.8 Å². The molecule has 2 heterocycles. The van der Waals surface area contributed by atoms with E-state index in [2.05, 4.69) is 36.2 Å². The second-order valence-corrected chi connectivity index (χ2v) is 7.09. The largest absolute Gasteiger partial charge is 0.484 e. The minimum absolute atomic E-state index is 0.0292. The molecule has 4 nitrogen and oxygen atoms in total. The first kappa shape index (κ1) is 17.4. The molecule has 0 fully saturated rings. The molecule has 0 radical (unpaired) electrons. The predicted octanol–water partition coefficient (Wildman–Crippen LogP) is 4.48. The first-order valence-corrected chi connectivity index (χ1v) is 9.36. The van der Waals surface area contributed by atoms with Gasteiger partial charge in [0.05, 0.1) is 0 Å². The number of amides is 1. The standard InChI is InChI=1S/C23H24N2O2/c1-16-7-9-19(10-8-16)27-15-22(26)25-13-11-18(12-14-25)23-17(2)24-21-6-4-3-5-20(21)23/h3-11,24H,12-15H2,1-2H3. The number of hydrogen-bond donors (Lipinski definition) is 1. The molecule has 4 heteroatoms. The molecule has 1 aliphatic rings. The van der Waals surface area contributed by atoms with E-state index in [4.69, 9.17) is 4.74 Å². The molecule has 4 rings (SSSR count). The van der Waals surface area contributed by atoms with Crippen LogP contribution in [0.25, 0.3) is 16.5 Å². The van der Waals surface area contributed by atoms with E-state index in [1.54, 1.807) is 0 Å². The van der Waals surface area contributed by atoms with Crippen molar-refractivity contribution >= 4 is 22.4 Å². The van der Waals surface area contributed by atoms with Gasteiger partial charge in [-0.1, -0.05) is 42.0 Å². The summed E-state index contributed by atoms with van der Waals surface area (Å²) in [7, 11) is 0. The number of carbonyl (C=O) groups excluding carboxylic acids is 1. The molecule has 1 N–H and O–H groups in total. The zero-order valence-corrected chi connectivity index (χ0v) is 15.8. The molecule has 1 aromatic heterocycles. The fourth-order valence-corrected chi connectivity index (χ4v) is 3.68. The summed E-state index contributed by atoms with van der Waals surface area (Å²) in [5.41, 5.74) is 6.12. The summed E-state index contributed by atoms with van der Waals surface area (Å²) < 4.78 is 5.63. The Bertz CT molecular complexity index is 999. The van der Waals surface area contributed by atoms with Crippen molar-refractivity contribution < 1.29 is 9.53 Å². The lowest BCUT2D eigenvalue weighted by Gasteiger charge is -2.26. The molecule has 1 amide bonds. The van der Waals surface area contributed by atoms with Crippen molar-refractivity contribution in [3.63, 3.8) is 0 Å². The molecule has 0 unspecified atom stereocenters. The van der Waals surface area contributed by atoms with Gasteiger partial charge in [-0.2, -0.15) is 0 Å².